The highest BCUT2D eigenvalue weighted by molar-refractivity contribution is 7.99. The number of hydrogen-bond donors (Lipinski definition) is 1. The number of carbonyl (C=O) groups is 3. The molecule has 3 aromatic rings. The maximum Gasteiger partial charge on any atom is 0.326 e. The van der Waals surface area contributed by atoms with Crippen LogP contribution in [-0.2, 0) is 36.9 Å². The number of esters is 2. The molecule has 2 atom stereocenters. The number of amides is 1. The highest BCUT2D eigenvalue weighted by atomic mass is 32.2. The lowest BCUT2D eigenvalue weighted by molar-refractivity contribution is -0.147. The highest BCUT2D eigenvalue weighted by Gasteiger charge is 2.35. The minimum atomic E-state index is -0.695. The fraction of sp³-hybridized carbons (Fsp3) is 0.300. The van der Waals surface area contributed by atoms with Crippen molar-refractivity contribution in [2.75, 3.05) is 23.8 Å². The zero-order chi connectivity index (χ0) is 26.7. The Balaban J connectivity index is 1.49. The summed E-state index contributed by atoms with van der Waals surface area (Å²) in [6, 6.07) is 25.4. The van der Waals surface area contributed by atoms with Gasteiger partial charge in [0.1, 0.15) is 19.2 Å². The standard InChI is InChI=1S/C30H32N2O5S/c1-2-36-30(35)24(18-17-22-11-5-3-6-12-22)31-25-21-38-27-16-10-9-15-26(27)32(29(25)34)19-28(33)37-20-23-13-7-4-8-14-23/h3-16,24-25,31H,2,17-21H2,1H3/t24?,25-/m0/s1. The molecule has 0 fully saturated rings. The molecule has 0 aromatic heterocycles. The molecule has 1 heterocycles. The van der Waals surface area contributed by atoms with Crippen LogP contribution in [0, 0.1) is 0 Å². The van der Waals surface area contributed by atoms with Gasteiger partial charge in [0.15, 0.2) is 0 Å². The molecule has 1 aliphatic rings. The first-order valence-electron chi connectivity index (χ1n) is 12.7. The smallest absolute Gasteiger partial charge is 0.326 e. The number of benzene rings is 3. The average Bonchev–Trinajstić information content (AvgIpc) is 3.07. The van der Waals surface area contributed by atoms with Crippen LogP contribution in [0.3, 0.4) is 0 Å². The van der Waals surface area contributed by atoms with Gasteiger partial charge in [0.05, 0.1) is 18.3 Å². The van der Waals surface area contributed by atoms with Crippen molar-refractivity contribution in [3.8, 4) is 0 Å². The lowest BCUT2D eigenvalue weighted by atomic mass is 10.0. The first-order valence-corrected chi connectivity index (χ1v) is 13.7. The zero-order valence-electron chi connectivity index (χ0n) is 21.4. The summed E-state index contributed by atoms with van der Waals surface area (Å²) < 4.78 is 10.8. The van der Waals surface area contributed by atoms with Crippen molar-refractivity contribution in [3.05, 3.63) is 96.1 Å². The first kappa shape index (κ1) is 27.4. The van der Waals surface area contributed by atoms with E-state index in [9.17, 15) is 14.4 Å². The molecule has 0 saturated carbocycles. The van der Waals surface area contributed by atoms with Crippen molar-refractivity contribution >= 4 is 35.3 Å². The quantitative estimate of drug-likeness (QED) is 0.367. The van der Waals surface area contributed by atoms with E-state index in [1.807, 2.05) is 84.9 Å². The van der Waals surface area contributed by atoms with Gasteiger partial charge in [-0.1, -0.05) is 72.8 Å². The van der Waals surface area contributed by atoms with Gasteiger partial charge < -0.3 is 9.47 Å². The van der Waals surface area contributed by atoms with Crippen LogP contribution >= 0.6 is 11.8 Å². The number of ether oxygens (including phenoxy) is 2. The maximum atomic E-state index is 13.8. The van der Waals surface area contributed by atoms with Gasteiger partial charge >= 0.3 is 11.9 Å². The third kappa shape index (κ3) is 7.46. The second-order valence-electron chi connectivity index (χ2n) is 8.90. The van der Waals surface area contributed by atoms with Gasteiger partial charge in [-0.3, -0.25) is 24.6 Å². The zero-order valence-corrected chi connectivity index (χ0v) is 22.2. The number of nitrogens with one attached hydrogen (secondary N) is 1. The van der Waals surface area contributed by atoms with Crippen LogP contribution in [0.2, 0.25) is 0 Å². The predicted octanol–water partition coefficient (Wildman–Crippen LogP) is 4.39. The Morgan fingerprint density at radius 3 is 2.32 bits per heavy atom. The van der Waals surface area contributed by atoms with Gasteiger partial charge in [-0.05, 0) is 43.0 Å². The molecular formula is C30H32N2O5S. The molecule has 3 aromatic carbocycles. The lowest BCUT2D eigenvalue weighted by Crippen LogP contribution is -2.54. The fourth-order valence-corrected chi connectivity index (χ4v) is 5.35. The molecule has 8 heteroatoms. The van der Waals surface area contributed by atoms with E-state index in [4.69, 9.17) is 9.47 Å². The summed E-state index contributed by atoms with van der Waals surface area (Å²) in [5, 5.41) is 3.26. The van der Waals surface area contributed by atoms with Crippen molar-refractivity contribution in [3.63, 3.8) is 0 Å². The van der Waals surface area contributed by atoms with E-state index in [1.54, 1.807) is 6.92 Å². The Bertz CT molecular complexity index is 1220. The van der Waals surface area contributed by atoms with Gasteiger partial charge in [-0.25, -0.2) is 0 Å². The van der Waals surface area contributed by atoms with E-state index >= 15 is 0 Å². The lowest BCUT2D eigenvalue weighted by Gasteiger charge is -2.27. The van der Waals surface area contributed by atoms with Gasteiger partial charge in [-0.2, -0.15) is 0 Å². The number of carbonyl (C=O) groups excluding carboxylic acids is 3. The summed E-state index contributed by atoms with van der Waals surface area (Å²) in [7, 11) is 0. The number of anilines is 1. The Kier molecular flexibility index (Phi) is 9.95. The van der Waals surface area contributed by atoms with E-state index in [2.05, 4.69) is 5.32 Å². The number of rotatable bonds is 11. The molecule has 0 saturated heterocycles. The third-order valence-corrected chi connectivity index (χ3v) is 7.35. The number of aryl methyl sites for hydroxylation is 1. The van der Waals surface area contributed by atoms with Crippen molar-refractivity contribution in [2.45, 2.75) is 43.4 Å². The number of thioether (sulfide) groups is 1. The van der Waals surface area contributed by atoms with Crippen molar-refractivity contribution in [1.82, 2.24) is 5.32 Å². The number of fused-ring (bicyclic) bond motifs is 1. The maximum absolute atomic E-state index is 13.8. The Labute approximate surface area is 227 Å². The molecule has 7 nitrogen and oxygen atoms in total. The van der Waals surface area contributed by atoms with E-state index in [1.165, 1.54) is 16.7 Å². The Morgan fingerprint density at radius 2 is 1.61 bits per heavy atom. The number of para-hydroxylation sites is 1. The van der Waals surface area contributed by atoms with Gasteiger partial charge in [-0.15, -0.1) is 11.8 Å². The Morgan fingerprint density at radius 1 is 0.947 bits per heavy atom. The van der Waals surface area contributed by atoms with Gasteiger partial charge in [0.25, 0.3) is 0 Å². The summed E-state index contributed by atoms with van der Waals surface area (Å²) in [5.74, 6) is -0.772. The summed E-state index contributed by atoms with van der Waals surface area (Å²) in [6.07, 6.45) is 1.13. The summed E-state index contributed by atoms with van der Waals surface area (Å²) >= 11 is 1.51. The monoisotopic (exact) mass is 532 g/mol. The SMILES string of the molecule is CCOC(=O)C(CCc1ccccc1)N[C@H]1CSc2ccccc2N(CC(=O)OCc2ccccc2)C1=O. The van der Waals surface area contributed by atoms with Gasteiger partial charge in [0, 0.05) is 10.6 Å². The number of nitrogens with zero attached hydrogens (tertiary/aromatic N) is 1. The third-order valence-electron chi connectivity index (χ3n) is 6.19. The second kappa shape index (κ2) is 13.8. The van der Waals surface area contributed by atoms with E-state index in [-0.39, 0.29) is 25.7 Å². The fourth-order valence-electron chi connectivity index (χ4n) is 4.26. The van der Waals surface area contributed by atoms with Crippen LogP contribution in [0.4, 0.5) is 5.69 Å². The van der Waals surface area contributed by atoms with Gasteiger partial charge in [0.2, 0.25) is 5.91 Å². The first-order chi connectivity index (χ1) is 18.5. The molecule has 0 spiro atoms. The van der Waals surface area contributed by atoms with Crippen molar-refractivity contribution in [2.24, 2.45) is 0 Å². The molecule has 1 aliphatic heterocycles. The van der Waals surface area contributed by atoms with Crippen LogP contribution in [-0.4, -0.2) is 48.8 Å². The molecule has 1 amide bonds. The molecule has 38 heavy (non-hydrogen) atoms. The molecule has 4 rings (SSSR count). The normalized spacial score (nSPS) is 15.8. The molecule has 1 unspecified atom stereocenters. The van der Waals surface area contributed by atoms with Crippen LogP contribution in [0.1, 0.15) is 24.5 Å². The minimum absolute atomic E-state index is 0.129. The van der Waals surface area contributed by atoms with E-state index < -0.39 is 24.0 Å². The van der Waals surface area contributed by atoms with E-state index in [0.29, 0.717) is 24.3 Å². The van der Waals surface area contributed by atoms with E-state index in [0.717, 1.165) is 16.0 Å². The molecular weight excluding hydrogens is 500 g/mol. The summed E-state index contributed by atoms with van der Waals surface area (Å²) in [5.41, 5.74) is 2.62. The molecule has 198 valence electrons. The van der Waals surface area contributed by atoms with Crippen LogP contribution < -0.4 is 10.2 Å². The molecule has 1 N–H and O–H groups in total. The molecule has 0 bridgehead atoms. The minimum Gasteiger partial charge on any atom is -0.465 e. The second-order valence-corrected chi connectivity index (χ2v) is 9.96. The van der Waals surface area contributed by atoms with Crippen LogP contribution in [0.25, 0.3) is 0 Å². The highest BCUT2D eigenvalue weighted by Crippen LogP contribution is 2.34. The topological polar surface area (TPSA) is 84.9 Å². The Hall–Kier alpha value is -3.62. The largest absolute Gasteiger partial charge is 0.465 e. The molecule has 0 aliphatic carbocycles. The van der Waals surface area contributed by atoms with Crippen molar-refractivity contribution in [1.29, 1.82) is 0 Å². The predicted molar refractivity (Wildman–Crippen MR) is 148 cm³/mol. The van der Waals surface area contributed by atoms with Crippen molar-refractivity contribution < 1.29 is 23.9 Å². The average molecular weight is 533 g/mol. The number of hydrogen-bond acceptors (Lipinski definition) is 7. The van der Waals surface area contributed by atoms with Crippen LogP contribution in [0.5, 0.6) is 0 Å². The molecule has 0 radical (unpaired) electrons. The summed E-state index contributed by atoms with van der Waals surface area (Å²) in [4.78, 5) is 41.8. The summed E-state index contributed by atoms with van der Waals surface area (Å²) in [6.45, 7) is 1.92. The van der Waals surface area contributed by atoms with Crippen LogP contribution in [0.15, 0.2) is 89.8 Å².